The SMILES string of the molecule is COC1(CC(=O)Nc2cnc(Cl)cn2)CCC1. The predicted molar refractivity (Wildman–Crippen MR) is 63.9 cm³/mol. The number of carbonyl (C=O) groups is 1. The summed E-state index contributed by atoms with van der Waals surface area (Å²) in [6, 6.07) is 0. The van der Waals surface area contributed by atoms with E-state index in [2.05, 4.69) is 15.3 Å². The van der Waals surface area contributed by atoms with E-state index in [9.17, 15) is 4.79 Å². The van der Waals surface area contributed by atoms with Crippen molar-refractivity contribution >= 4 is 23.3 Å². The molecule has 1 N–H and O–H groups in total. The molecule has 6 heteroatoms. The topological polar surface area (TPSA) is 64.1 Å². The molecule has 1 aromatic rings. The second kappa shape index (κ2) is 4.98. The quantitative estimate of drug-likeness (QED) is 0.894. The van der Waals surface area contributed by atoms with Gasteiger partial charge in [-0.05, 0) is 19.3 Å². The van der Waals surface area contributed by atoms with Crippen LogP contribution in [0.4, 0.5) is 5.82 Å². The largest absolute Gasteiger partial charge is 0.378 e. The third-order valence-electron chi connectivity index (χ3n) is 3.07. The Hall–Kier alpha value is -1.20. The Kier molecular flexibility index (Phi) is 3.59. The Morgan fingerprint density at radius 1 is 1.53 bits per heavy atom. The molecule has 0 aromatic carbocycles. The highest BCUT2D eigenvalue weighted by atomic mass is 35.5. The molecule has 1 saturated carbocycles. The average molecular weight is 256 g/mol. The number of halogens is 1. The van der Waals surface area contributed by atoms with Gasteiger partial charge in [-0.1, -0.05) is 11.6 Å². The van der Waals surface area contributed by atoms with Gasteiger partial charge in [-0.15, -0.1) is 0 Å². The normalized spacial score (nSPS) is 17.3. The first-order valence-corrected chi connectivity index (χ1v) is 5.84. The maximum atomic E-state index is 11.8. The molecule has 0 bridgehead atoms. The van der Waals surface area contributed by atoms with Crippen LogP contribution >= 0.6 is 11.6 Å². The van der Waals surface area contributed by atoms with Crippen molar-refractivity contribution in [3.8, 4) is 0 Å². The van der Waals surface area contributed by atoms with Crippen molar-refractivity contribution in [2.75, 3.05) is 12.4 Å². The van der Waals surface area contributed by atoms with Crippen molar-refractivity contribution in [1.29, 1.82) is 0 Å². The van der Waals surface area contributed by atoms with Gasteiger partial charge in [-0.3, -0.25) is 4.79 Å². The third-order valence-corrected chi connectivity index (χ3v) is 3.26. The van der Waals surface area contributed by atoms with Gasteiger partial charge < -0.3 is 10.1 Å². The molecule has 0 saturated heterocycles. The lowest BCUT2D eigenvalue weighted by Crippen LogP contribution is -2.42. The zero-order valence-electron chi connectivity index (χ0n) is 9.57. The smallest absolute Gasteiger partial charge is 0.228 e. The van der Waals surface area contributed by atoms with E-state index in [1.54, 1.807) is 7.11 Å². The molecule has 1 aromatic heterocycles. The fourth-order valence-electron chi connectivity index (χ4n) is 1.88. The van der Waals surface area contributed by atoms with Crippen molar-refractivity contribution in [3.63, 3.8) is 0 Å². The van der Waals surface area contributed by atoms with Gasteiger partial charge in [0.25, 0.3) is 0 Å². The Balaban J connectivity index is 1.91. The first kappa shape index (κ1) is 12.3. The highest BCUT2D eigenvalue weighted by Crippen LogP contribution is 2.38. The number of methoxy groups -OCH3 is 1. The van der Waals surface area contributed by atoms with Gasteiger partial charge >= 0.3 is 0 Å². The minimum absolute atomic E-state index is 0.108. The predicted octanol–water partition coefficient (Wildman–Crippen LogP) is 2.03. The third kappa shape index (κ3) is 2.92. The van der Waals surface area contributed by atoms with Crippen LogP contribution in [0.5, 0.6) is 0 Å². The van der Waals surface area contributed by atoms with Gasteiger partial charge in [0.2, 0.25) is 5.91 Å². The van der Waals surface area contributed by atoms with E-state index in [4.69, 9.17) is 16.3 Å². The summed E-state index contributed by atoms with van der Waals surface area (Å²) >= 11 is 5.60. The van der Waals surface area contributed by atoms with E-state index in [0.29, 0.717) is 17.4 Å². The van der Waals surface area contributed by atoms with Crippen molar-refractivity contribution < 1.29 is 9.53 Å². The van der Waals surface area contributed by atoms with Crippen LogP contribution in [0.2, 0.25) is 5.15 Å². The molecule has 1 fully saturated rings. The summed E-state index contributed by atoms with van der Waals surface area (Å²) in [5, 5.41) is 2.98. The van der Waals surface area contributed by atoms with E-state index >= 15 is 0 Å². The number of hydrogen-bond donors (Lipinski definition) is 1. The molecule has 0 aliphatic heterocycles. The lowest BCUT2D eigenvalue weighted by atomic mass is 9.77. The lowest BCUT2D eigenvalue weighted by Gasteiger charge is -2.39. The van der Waals surface area contributed by atoms with Gasteiger partial charge in [-0.25, -0.2) is 9.97 Å². The lowest BCUT2D eigenvalue weighted by molar-refractivity contribution is -0.129. The van der Waals surface area contributed by atoms with E-state index < -0.39 is 0 Å². The van der Waals surface area contributed by atoms with Crippen LogP contribution in [0.1, 0.15) is 25.7 Å². The highest BCUT2D eigenvalue weighted by Gasteiger charge is 2.39. The Morgan fingerprint density at radius 3 is 2.76 bits per heavy atom. The number of nitrogens with one attached hydrogen (secondary N) is 1. The zero-order chi connectivity index (χ0) is 12.3. The average Bonchev–Trinajstić information content (AvgIpc) is 2.27. The molecule has 2 rings (SSSR count). The summed E-state index contributed by atoms with van der Waals surface area (Å²) < 4.78 is 5.38. The van der Waals surface area contributed by atoms with Crippen LogP contribution in [-0.4, -0.2) is 28.6 Å². The Labute approximate surface area is 105 Å². The number of ether oxygens (including phenoxy) is 1. The van der Waals surface area contributed by atoms with Crippen LogP contribution in [0.3, 0.4) is 0 Å². The molecule has 0 radical (unpaired) electrons. The van der Waals surface area contributed by atoms with Crippen LogP contribution < -0.4 is 5.32 Å². The van der Waals surface area contributed by atoms with Crippen LogP contribution in [0.25, 0.3) is 0 Å². The number of hydrogen-bond acceptors (Lipinski definition) is 4. The standard InChI is InChI=1S/C11H14ClN3O2/c1-17-11(3-2-4-11)5-10(16)15-9-7-13-8(12)6-14-9/h6-7H,2-5H2,1H3,(H,14,15,16). The van der Waals surface area contributed by atoms with Crippen molar-refractivity contribution in [2.24, 2.45) is 0 Å². The maximum Gasteiger partial charge on any atom is 0.228 e. The molecule has 1 aliphatic rings. The van der Waals surface area contributed by atoms with Crippen LogP contribution in [0, 0.1) is 0 Å². The number of nitrogens with zero attached hydrogens (tertiary/aromatic N) is 2. The molecule has 1 aliphatic carbocycles. The van der Waals surface area contributed by atoms with E-state index in [0.717, 1.165) is 19.3 Å². The minimum atomic E-state index is -0.274. The molecule has 0 spiro atoms. The van der Waals surface area contributed by atoms with Crippen molar-refractivity contribution in [3.05, 3.63) is 17.5 Å². The second-order valence-electron chi connectivity index (χ2n) is 4.19. The zero-order valence-corrected chi connectivity index (χ0v) is 10.3. The van der Waals surface area contributed by atoms with Gasteiger partial charge in [0, 0.05) is 7.11 Å². The molecular formula is C11H14ClN3O2. The monoisotopic (exact) mass is 255 g/mol. The van der Waals surface area contributed by atoms with Crippen molar-refractivity contribution in [1.82, 2.24) is 9.97 Å². The molecule has 1 amide bonds. The summed E-state index contributed by atoms with van der Waals surface area (Å²) in [6.45, 7) is 0. The van der Waals surface area contributed by atoms with E-state index in [1.807, 2.05) is 0 Å². The first-order valence-electron chi connectivity index (χ1n) is 5.46. The fraction of sp³-hybridized carbons (Fsp3) is 0.545. The molecule has 0 atom stereocenters. The number of amides is 1. The Morgan fingerprint density at radius 2 is 2.29 bits per heavy atom. The first-order chi connectivity index (χ1) is 8.13. The van der Waals surface area contributed by atoms with Crippen LogP contribution in [0.15, 0.2) is 12.4 Å². The summed E-state index contributed by atoms with van der Waals surface area (Å²) in [5.41, 5.74) is -0.274. The molecule has 92 valence electrons. The summed E-state index contributed by atoms with van der Waals surface area (Å²) in [6.07, 6.45) is 6.16. The highest BCUT2D eigenvalue weighted by molar-refractivity contribution is 6.29. The molecule has 5 nitrogen and oxygen atoms in total. The Bertz CT molecular complexity index is 398. The van der Waals surface area contributed by atoms with Gasteiger partial charge in [0.05, 0.1) is 24.4 Å². The number of aromatic nitrogens is 2. The molecular weight excluding hydrogens is 242 g/mol. The summed E-state index contributed by atoms with van der Waals surface area (Å²) in [7, 11) is 1.65. The molecule has 1 heterocycles. The second-order valence-corrected chi connectivity index (χ2v) is 4.58. The van der Waals surface area contributed by atoms with Crippen molar-refractivity contribution in [2.45, 2.75) is 31.3 Å². The number of rotatable bonds is 4. The minimum Gasteiger partial charge on any atom is -0.378 e. The van der Waals surface area contributed by atoms with E-state index in [1.165, 1.54) is 12.4 Å². The number of anilines is 1. The molecule has 0 unspecified atom stereocenters. The number of carbonyl (C=O) groups excluding carboxylic acids is 1. The van der Waals surface area contributed by atoms with Gasteiger partial charge in [-0.2, -0.15) is 0 Å². The van der Waals surface area contributed by atoms with E-state index in [-0.39, 0.29) is 11.5 Å². The van der Waals surface area contributed by atoms with Crippen LogP contribution in [-0.2, 0) is 9.53 Å². The van der Waals surface area contributed by atoms with Gasteiger partial charge in [0.15, 0.2) is 5.82 Å². The molecule has 17 heavy (non-hydrogen) atoms. The maximum absolute atomic E-state index is 11.8. The fourth-order valence-corrected chi connectivity index (χ4v) is 1.98. The summed E-state index contributed by atoms with van der Waals surface area (Å²) in [5.74, 6) is 0.299. The summed E-state index contributed by atoms with van der Waals surface area (Å²) in [4.78, 5) is 19.6. The van der Waals surface area contributed by atoms with Gasteiger partial charge in [0.1, 0.15) is 5.15 Å².